The molecule has 3 unspecified atom stereocenters. The summed E-state index contributed by atoms with van der Waals surface area (Å²) in [6, 6.07) is 0.154. The van der Waals surface area contributed by atoms with Crippen LogP contribution in [0.5, 0.6) is 0 Å². The Kier molecular flexibility index (Phi) is 3.86. The zero-order valence-electron chi connectivity index (χ0n) is 13.0. The molecule has 0 aromatic carbocycles. The predicted molar refractivity (Wildman–Crippen MR) is 79.4 cm³/mol. The van der Waals surface area contributed by atoms with Crippen molar-refractivity contribution < 1.29 is 12.9 Å². The molecule has 1 aliphatic carbocycles. The highest BCUT2D eigenvalue weighted by atomic mass is 32.2. The van der Waals surface area contributed by atoms with Crippen LogP contribution in [0.15, 0.2) is 9.42 Å². The van der Waals surface area contributed by atoms with E-state index in [0.717, 1.165) is 25.7 Å². The van der Waals surface area contributed by atoms with E-state index in [0.29, 0.717) is 29.8 Å². The molecule has 0 N–H and O–H groups in total. The van der Waals surface area contributed by atoms with Crippen LogP contribution in [-0.2, 0) is 10.0 Å². The molecule has 0 radical (unpaired) electrons. The van der Waals surface area contributed by atoms with Gasteiger partial charge >= 0.3 is 0 Å². The van der Waals surface area contributed by atoms with Crippen LogP contribution < -0.4 is 0 Å². The fourth-order valence-electron chi connectivity index (χ4n) is 4.13. The second kappa shape index (κ2) is 5.39. The monoisotopic (exact) mass is 312 g/mol. The summed E-state index contributed by atoms with van der Waals surface area (Å²) in [6.45, 7) is 6.27. The Balaban J connectivity index is 1.98. The smallest absolute Gasteiger partial charge is 0.248 e. The van der Waals surface area contributed by atoms with Crippen molar-refractivity contribution in [1.82, 2.24) is 9.46 Å². The van der Waals surface area contributed by atoms with Crippen LogP contribution in [0.25, 0.3) is 0 Å². The van der Waals surface area contributed by atoms with Crippen LogP contribution in [0.2, 0.25) is 0 Å². The van der Waals surface area contributed by atoms with Gasteiger partial charge in [0.15, 0.2) is 5.76 Å². The lowest BCUT2D eigenvalue weighted by Gasteiger charge is -2.46. The van der Waals surface area contributed by atoms with E-state index in [1.54, 1.807) is 18.2 Å². The molecule has 0 bridgehead atoms. The van der Waals surface area contributed by atoms with E-state index < -0.39 is 10.0 Å². The zero-order valence-corrected chi connectivity index (χ0v) is 13.8. The summed E-state index contributed by atoms with van der Waals surface area (Å²) in [7, 11) is -3.50. The molecule has 6 heteroatoms. The van der Waals surface area contributed by atoms with E-state index in [9.17, 15) is 8.42 Å². The summed E-state index contributed by atoms with van der Waals surface area (Å²) >= 11 is 0. The molecular formula is C15H24N2O3S. The van der Waals surface area contributed by atoms with Crippen molar-refractivity contribution in [3.63, 3.8) is 0 Å². The number of nitrogens with zero attached hydrogens (tertiary/aromatic N) is 2. The minimum absolute atomic E-state index is 0.154. The third-order valence-corrected chi connectivity index (χ3v) is 7.39. The van der Waals surface area contributed by atoms with Crippen LogP contribution in [0, 0.1) is 25.7 Å². The molecule has 1 saturated heterocycles. The molecule has 1 aromatic rings. The number of fused-ring (bicyclic) bond motifs is 1. The fourth-order valence-corrected chi connectivity index (χ4v) is 6.14. The largest absolute Gasteiger partial charge is 0.360 e. The van der Waals surface area contributed by atoms with E-state index in [-0.39, 0.29) is 10.9 Å². The lowest BCUT2D eigenvalue weighted by molar-refractivity contribution is 0.0826. The van der Waals surface area contributed by atoms with Gasteiger partial charge in [0.2, 0.25) is 10.0 Å². The van der Waals surface area contributed by atoms with Crippen molar-refractivity contribution in [3.8, 4) is 0 Å². The highest BCUT2D eigenvalue weighted by molar-refractivity contribution is 7.89. The molecule has 2 heterocycles. The predicted octanol–water partition coefficient (Wildman–Crippen LogP) is 2.88. The van der Waals surface area contributed by atoms with Crippen molar-refractivity contribution in [1.29, 1.82) is 0 Å². The van der Waals surface area contributed by atoms with Crippen molar-refractivity contribution >= 4 is 10.0 Å². The highest BCUT2D eigenvalue weighted by Gasteiger charge is 2.44. The molecule has 2 fully saturated rings. The van der Waals surface area contributed by atoms with E-state index in [4.69, 9.17) is 4.52 Å². The summed E-state index contributed by atoms with van der Waals surface area (Å²) < 4.78 is 33.0. The summed E-state index contributed by atoms with van der Waals surface area (Å²) in [6.07, 6.45) is 5.44. The number of aromatic nitrogens is 1. The molecule has 3 atom stereocenters. The summed E-state index contributed by atoms with van der Waals surface area (Å²) in [5.74, 6) is 1.52. The lowest BCUT2D eigenvalue weighted by atomic mass is 9.74. The minimum Gasteiger partial charge on any atom is -0.360 e. The number of hydrogen-bond donors (Lipinski definition) is 0. The Hall–Kier alpha value is -0.880. The molecule has 0 amide bonds. The normalized spacial score (nSPS) is 31.1. The van der Waals surface area contributed by atoms with Gasteiger partial charge in [-0.1, -0.05) is 24.9 Å². The zero-order chi connectivity index (χ0) is 15.2. The lowest BCUT2D eigenvalue weighted by Crippen LogP contribution is -2.52. The number of rotatable bonds is 2. The van der Waals surface area contributed by atoms with Crippen LogP contribution in [0.3, 0.4) is 0 Å². The average molecular weight is 312 g/mol. The van der Waals surface area contributed by atoms with Gasteiger partial charge < -0.3 is 4.52 Å². The van der Waals surface area contributed by atoms with E-state index in [1.165, 1.54) is 6.42 Å². The van der Waals surface area contributed by atoms with Gasteiger partial charge in [0.25, 0.3) is 0 Å². The molecule has 0 spiro atoms. The van der Waals surface area contributed by atoms with Crippen LogP contribution >= 0.6 is 0 Å². The van der Waals surface area contributed by atoms with E-state index in [1.807, 2.05) is 0 Å². The van der Waals surface area contributed by atoms with Gasteiger partial charge in [-0.25, -0.2) is 8.42 Å². The Bertz CT molecular complexity index is 603. The van der Waals surface area contributed by atoms with Gasteiger partial charge in [0, 0.05) is 12.6 Å². The molecule has 118 valence electrons. The van der Waals surface area contributed by atoms with Crippen molar-refractivity contribution in [2.75, 3.05) is 6.54 Å². The summed E-state index contributed by atoms with van der Waals surface area (Å²) in [4.78, 5) is 0.279. The molecular weight excluding hydrogens is 288 g/mol. The Morgan fingerprint density at radius 2 is 1.90 bits per heavy atom. The average Bonchev–Trinajstić information content (AvgIpc) is 2.79. The van der Waals surface area contributed by atoms with Crippen molar-refractivity contribution in [2.45, 2.75) is 63.8 Å². The first-order valence-electron chi connectivity index (χ1n) is 7.87. The van der Waals surface area contributed by atoms with Gasteiger partial charge in [-0.15, -0.1) is 0 Å². The Morgan fingerprint density at radius 1 is 1.19 bits per heavy atom. The molecule has 1 saturated carbocycles. The van der Waals surface area contributed by atoms with Crippen LogP contribution in [0.1, 0.15) is 50.5 Å². The first-order valence-corrected chi connectivity index (χ1v) is 9.31. The molecule has 2 aliphatic rings. The third-order valence-electron chi connectivity index (χ3n) is 5.22. The first-order chi connectivity index (χ1) is 9.93. The highest BCUT2D eigenvalue weighted by Crippen LogP contribution is 2.41. The van der Waals surface area contributed by atoms with Gasteiger partial charge in [0.05, 0.1) is 0 Å². The number of aryl methyl sites for hydroxylation is 2. The van der Waals surface area contributed by atoms with Gasteiger partial charge in [-0.3, -0.25) is 0 Å². The standard InChI is InChI=1S/C15H24N2O3S/c1-10-8-9-17(14-7-5-4-6-13(10)14)21(18,19)15-11(2)16-20-12(15)3/h10,13-14H,4-9H2,1-3H3. The van der Waals surface area contributed by atoms with Crippen molar-refractivity contribution in [2.24, 2.45) is 11.8 Å². The van der Waals surface area contributed by atoms with Crippen LogP contribution in [0.4, 0.5) is 0 Å². The molecule has 1 aliphatic heterocycles. The molecule has 3 rings (SSSR count). The number of hydrogen-bond acceptors (Lipinski definition) is 4. The van der Waals surface area contributed by atoms with E-state index >= 15 is 0 Å². The Morgan fingerprint density at radius 3 is 2.57 bits per heavy atom. The number of sulfonamides is 1. The molecule has 1 aromatic heterocycles. The van der Waals surface area contributed by atoms with Crippen LogP contribution in [-0.4, -0.2) is 30.5 Å². The first kappa shape index (κ1) is 15.0. The maximum absolute atomic E-state index is 13.1. The fraction of sp³-hybridized carbons (Fsp3) is 0.800. The summed E-state index contributed by atoms with van der Waals surface area (Å²) in [5, 5.41) is 3.82. The number of piperidine rings is 1. The maximum Gasteiger partial charge on any atom is 0.248 e. The van der Waals surface area contributed by atoms with Gasteiger partial charge in [-0.05, 0) is 44.9 Å². The molecule has 21 heavy (non-hydrogen) atoms. The van der Waals surface area contributed by atoms with Gasteiger partial charge in [0.1, 0.15) is 10.6 Å². The topological polar surface area (TPSA) is 63.4 Å². The molecule has 5 nitrogen and oxygen atoms in total. The van der Waals surface area contributed by atoms with Crippen molar-refractivity contribution in [3.05, 3.63) is 11.5 Å². The summed E-state index contributed by atoms with van der Waals surface area (Å²) in [5.41, 5.74) is 0.471. The van der Waals surface area contributed by atoms with Gasteiger partial charge in [-0.2, -0.15) is 4.31 Å². The maximum atomic E-state index is 13.1. The third kappa shape index (κ3) is 2.42. The quantitative estimate of drug-likeness (QED) is 0.842. The SMILES string of the molecule is Cc1noc(C)c1S(=O)(=O)N1CCC(C)C2CCCCC21. The minimum atomic E-state index is -3.50. The Labute approximate surface area is 126 Å². The van der Waals surface area contributed by atoms with E-state index in [2.05, 4.69) is 12.1 Å². The second-order valence-electron chi connectivity index (χ2n) is 6.55. The second-order valence-corrected chi connectivity index (χ2v) is 8.38.